The molecule has 2 aromatic rings. The number of amides is 1. The summed E-state index contributed by atoms with van der Waals surface area (Å²) in [5.74, 6) is 0.269. The third kappa shape index (κ3) is 2.71. The molecule has 0 aliphatic carbocycles. The zero-order chi connectivity index (χ0) is 18.1. The van der Waals surface area contributed by atoms with Crippen LogP contribution in [0.4, 0.5) is 4.39 Å². The largest absolute Gasteiger partial charge is 0.329 e. The van der Waals surface area contributed by atoms with Crippen LogP contribution in [0, 0.1) is 5.82 Å². The molecule has 0 bridgehead atoms. The van der Waals surface area contributed by atoms with Gasteiger partial charge >= 0.3 is 0 Å². The van der Waals surface area contributed by atoms with Crippen molar-refractivity contribution in [2.45, 2.75) is 6.17 Å². The van der Waals surface area contributed by atoms with Crippen molar-refractivity contribution in [1.29, 1.82) is 0 Å². The van der Waals surface area contributed by atoms with Gasteiger partial charge in [0.25, 0.3) is 5.91 Å². The second-order valence-electron chi connectivity index (χ2n) is 6.14. The number of hydrazone groups is 1. The molecule has 6 nitrogen and oxygen atoms in total. The van der Waals surface area contributed by atoms with Gasteiger partial charge in [0.15, 0.2) is 6.17 Å². The first kappa shape index (κ1) is 16.3. The number of fused-ring (bicyclic) bond motifs is 1. The van der Waals surface area contributed by atoms with E-state index in [0.717, 1.165) is 5.56 Å². The number of amidine groups is 1. The van der Waals surface area contributed by atoms with E-state index < -0.39 is 6.17 Å². The highest BCUT2D eigenvalue weighted by molar-refractivity contribution is 6.00. The molecule has 0 radical (unpaired) electrons. The monoisotopic (exact) mass is 351 g/mol. The number of benzene rings is 1. The van der Waals surface area contributed by atoms with Crippen LogP contribution in [0.3, 0.4) is 0 Å². The predicted molar refractivity (Wildman–Crippen MR) is 96.6 cm³/mol. The van der Waals surface area contributed by atoms with Crippen molar-refractivity contribution in [3.8, 4) is 0 Å². The SMILES string of the molecule is C=Cc1ccccc1C(=O)N1CCN2C(=NNC2c2ncccc2F)C1. The summed E-state index contributed by atoms with van der Waals surface area (Å²) >= 11 is 0. The second kappa shape index (κ2) is 6.59. The van der Waals surface area contributed by atoms with Gasteiger partial charge in [-0.3, -0.25) is 15.2 Å². The summed E-state index contributed by atoms with van der Waals surface area (Å²) in [4.78, 5) is 20.7. The van der Waals surface area contributed by atoms with Crippen LogP contribution in [0.5, 0.6) is 0 Å². The van der Waals surface area contributed by atoms with E-state index in [1.54, 1.807) is 29.3 Å². The maximum Gasteiger partial charge on any atom is 0.254 e. The molecule has 26 heavy (non-hydrogen) atoms. The molecular weight excluding hydrogens is 333 g/mol. The average Bonchev–Trinajstić information content (AvgIpc) is 3.10. The molecule has 1 saturated heterocycles. The van der Waals surface area contributed by atoms with Crippen molar-refractivity contribution in [2.24, 2.45) is 5.10 Å². The number of pyridine rings is 1. The summed E-state index contributed by atoms with van der Waals surface area (Å²) in [7, 11) is 0. The lowest BCUT2D eigenvalue weighted by Gasteiger charge is -2.36. The number of nitrogens with zero attached hydrogens (tertiary/aromatic N) is 4. The fourth-order valence-electron chi connectivity index (χ4n) is 3.30. The number of carbonyl (C=O) groups is 1. The maximum absolute atomic E-state index is 14.1. The van der Waals surface area contributed by atoms with E-state index in [1.807, 2.05) is 23.1 Å². The third-order valence-corrected chi connectivity index (χ3v) is 4.65. The molecule has 132 valence electrons. The normalized spacial score (nSPS) is 18.8. The van der Waals surface area contributed by atoms with Crippen molar-refractivity contribution in [3.05, 3.63) is 71.8 Å². The molecule has 2 aliphatic rings. The first-order chi connectivity index (χ1) is 12.7. The zero-order valence-electron chi connectivity index (χ0n) is 14.1. The van der Waals surface area contributed by atoms with E-state index in [0.29, 0.717) is 36.7 Å². The van der Waals surface area contributed by atoms with Crippen LogP contribution in [-0.2, 0) is 0 Å². The summed E-state index contributed by atoms with van der Waals surface area (Å²) in [6.45, 7) is 5.21. The van der Waals surface area contributed by atoms with Gasteiger partial charge in [-0.05, 0) is 23.8 Å². The van der Waals surface area contributed by atoms with Crippen LogP contribution in [0.25, 0.3) is 6.08 Å². The van der Waals surface area contributed by atoms with E-state index in [4.69, 9.17) is 0 Å². The van der Waals surface area contributed by atoms with Gasteiger partial charge in [-0.25, -0.2) is 4.39 Å². The quantitative estimate of drug-likeness (QED) is 0.921. The van der Waals surface area contributed by atoms with Crippen molar-refractivity contribution in [1.82, 2.24) is 20.2 Å². The van der Waals surface area contributed by atoms with Gasteiger partial charge in [-0.2, -0.15) is 5.10 Å². The minimum atomic E-state index is -0.441. The maximum atomic E-state index is 14.1. The van der Waals surface area contributed by atoms with E-state index in [2.05, 4.69) is 22.1 Å². The van der Waals surface area contributed by atoms with E-state index in [9.17, 15) is 9.18 Å². The fourth-order valence-corrected chi connectivity index (χ4v) is 3.30. The molecule has 7 heteroatoms. The first-order valence-electron chi connectivity index (χ1n) is 8.39. The lowest BCUT2D eigenvalue weighted by atomic mass is 10.1. The molecule has 0 saturated carbocycles. The number of halogens is 1. The number of hydrogen-bond donors (Lipinski definition) is 1. The topological polar surface area (TPSA) is 60.8 Å². The van der Waals surface area contributed by atoms with Crippen LogP contribution in [0.1, 0.15) is 27.8 Å². The number of rotatable bonds is 3. The lowest BCUT2D eigenvalue weighted by molar-refractivity contribution is 0.0735. The Bertz CT molecular complexity index is 897. The Balaban J connectivity index is 1.52. The van der Waals surface area contributed by atoms with Gasteiger partial charge in [0.05, 0.1) is 6.54 Å². The summed E-state index contributed by atoms with van der Waals surface area (Å²) in [6.07, 6.45) is 2.80. The van der Waals surface area contributed by atoms with E-state index in [1.165, 1.54) is 6.07 Å². The zero-order valence-corrected chi connectivity index (χ0v) is 14.1. The minimum absolute atomic E-state index is 0.0599. The van der Waals surface area contributed by atoms with Crippen LogP contribution >= 0.6 is 0 Å². The summed E-state index contributed by atoms with van der Waals surface area (Å²) in [6, 6.07) is 10.3. The standard InChI is InChI=1S/C19H18FN5O/c1-2-13-6-3-4-7-14(13)19(26)24-10-11-25-16(12-24)22-23-18(25)17-15(20)8-5-9-21-17/h2-9,18,23H,1,10-12H2. The Morgan fingerprint density at radius 3 is 2.92 bits per heavy atom. The third-order valence-electron chi connectivity index (χ3n) is 4.65. The Labute approximate surface area is 150 Å². The van der Waals surface area contributed by atoms with Crippen LogP contribution in [-0.4, -0.2) is 46.2 Å². The molecule has 3 heterocycles. The molecule has 2 aliphatic heterocycles. The van der Waals surface area contributed by atoms with E-state index in [-0.39, 0.29) is 11.7 Å². The smallest absolute Gasteiger partial charge is 0.254 e. The highest BCUT2D eigenvalue weighted by Crippen LogP contribution is 2.26. The molecule has 1 aromatic carbocycles. The van der Waals surface area contributed by atoms with Crippen molar-refractivity contribution in [2.75, 3.05) is 19.6 Å². The van der Waals surface area contributed by atoms with Gasteiger partial charge in [-0.15, -0.1) is 0 Å². The second-order valence-corrected chi connectivity index (χ2v) is 6.14. The number of carbonyl (C=O) groups excluding carboxylic acids is 1. The molecule has 1 fully saturated rings. The molecule has 1 unspecified atom stereocenters. The molecule has 1 aromatic heterocycles. The van der Waals surface area contributed by atoms with Crippen molar-refractivity contribution >= 4 is 17.8 Å². The highest BCUT2D eigenvalue weighted by Gasteiger charge is 2.37. The molecule has 0 spiro atoms. The lowest BCUT2D eigenvalue weighted by Crippen LogP contribution is -2.52. The number of aromatic nitrogens is 1. The predicted octanol–water partition coefficient (Wildman–Crippen LogP) is 2.24. The Morgan fingerprint density at radius 1 is 1.27 bits per heavy atom. The Morgan fingerprint density at radius 2 is 2.12 bits per heavy atom. The van der Waals surface area contributed by atoms with Gasteiger partial charge in [0, 0.05) is 24.8 Å². The summed E-state index contributed by atoms with van der Waals surface area (Å²) < 4.78 is 14.1. The molecule has 1 atom stereocenters. The highest BCUT2D eigenvalue weighted by atomic mass is 19.1. The van der Waals surface area contributed by atoms with E-state index >= 15 is 0 Å². The molecule has 1 amide bonds. The van der Waals surface area contributed by atoms with Crippen molar-refractivity contribution in [3.63, 3.8) is 0 Å². The summed E-state index contributed by atoms with van der Waals surface area (Å²) in [5, 5.41) is 4.30. The van der Waals surface area contributed by atoms with Gasteiger partial charge in [0.2, 0.25) is 0 Å². The number of hydrogen-bond acceptors (Lipinski definition) is 5. The molecule has 1 N–H and O–H groups in total. The van der Waals surface area contributed by atoms with Crippen LogP contribution in [0.15, 0.2) is 54.3 Å². The average molecular weight is 351 g/mol. The van der Waals surface area contributed by atoms with Gasteiger partial charge in [0.1, 0.15) is 17.3 Å². The molecular formula is C19H18FN5O. The van der Waals surface area contributed by atoms with Crippen LogP contribution < -0.4 is 5.43 Å². The van der Waals surface area contributed by atoms with Crippen molar-refractivity contribution < 1.29 is 9.18 Å². The fraction of sp³-hybridized carbons (Fsp3) is 0.211. The number of piperazine rings is 1. The summed E-state index contributed by atoms with van der Waals surface area (Å²) in [5.41, 5.74) is 4.67. The minimum Gasteiger partial charge on any atom is -0.329 e. The first-order valence-corrected chi connectivity index (χ1v) is 8.39. The Kier molecular flexibility index (Phi) is 4.12. The Hall–Kier alpha value is -3.22. The van der Waals surface area contributed by atoms with Gasteiger partial charge < -0.3 is 9.80 Å². The van der Waals surface area contributed by atoms with Crippen LogP contribution in [0.2, 0.25) is 0 Å². The van der Waals surface area contributed by atoms with Gasteiger partial charge in [-0.1, -0.05) is 30.9 Å². The molecule has 4 rings (SSSR count). The number of nitrogens with one attached hydrogen (secondary N) is 1.